The Kier molecular flexibility index (Phi) is 8.21. The van der Waals surface area contributed by atoms with Crippen molar-refractivity contribution in [2.24, 2.45) is 11.7 Å². The number of hydrogen-bond donors (Lipinski definition) is 2. The fourth-order valence-corrected chi connectivity index (χ4v) is 2.12. The zero-order valence-electron chi connectivity index (χ0n) is 12.8. The standard InChI is InChI=1S/C17H26N2O2/c1-3-5-14(4-2)10-11-19-12-15-6-8-16(9-7-15)21-13-17(18)20/h3,6-9,14,19H,1,4-5,10-13H2,2H3,(H2,18,20). The molecule has 1 unspecified atom stereocenters. The van der Waals surface area contributed by atoms with E-state index in [1.807, 2.05) is 30.3 Å². The molecular weight excluding hydrogens is 264 g/mol. The summed E-state index contributed by atoms with van der Waals surface area (Å²) in [5.41, 5.74) is 6.22. The highest BCUT2D eigenvalue weighted by Gasteiger charge is 2.03. The van der Waals surface area contributed by atoms with Crippen molar-refractivity contribution in [3.05, 3.63) is 42.5 Å². The average molecular weight is 290 g/mol. The topological polar surface area (TPSA) is 64.3 Å². The van der Waals surface area contributed by atoms with E-state index in [-0.39, 0.29) is 6.61 Å². The maximum absolute atomic E-state index is 10.6. The summed E-state index contributed by atoms with van der Waals surface area (Å²) in [6.45, 7) is 7.77. The van der Waals surface area contributed by atoms with Crippen LogP contribution in [0.2, 0.25) is 0 Å². The molecule has 21 heavy (non-hydrogen) atoms. The molecule has 0 saturated heterocycles. The number of primary amides is 1. The number of benzene rings is 1. The fraction of sp³-hybridized carbons (Fsp3) is 0.471. The minimum Gasteiger partial charge on any atom is -0.484 e. The Bertz CT molecular complexity index is 429. The molecule has 0 spiro atoms. The molecule has 0 aliphatic rings. The minimum atomic E-state index is -0.467. The Morgan fingerprint density at radius 1 is 1.43 bits per heavy atom. The molecule has 4 heteroatoms. The third-order valence-corrected chi connectivity index (χ3v) is 3.44. The molecule has 1 aromatic carbocycles. The highest BCUT2D eigenvalue weighted by Crippen LogP contribution is 2.14. The lowest BCUT2D eigenvalue weighted by atomic mass is 9.98. The molecule has 1 aromatic rings. The third kappa shape index (κ3) is 7.51. The van der Waals surface area contributed by atoms with E-state index in [4.69, 9.17) is 10.5 Å². The predicted molar refractivity (Wildman–Crippen MR) is 86.1 cm³/mol. The molecule has 0 fully saturated rings. The number of nitrogens with one attached hydrogen (secondary N) is 1. The second-order valence-electron chi connectivity index (χ2n) is 5.16. The molecule has 0 saturated carbocycles. The summed E-state index contributed by atoms with van der Waals surface area (Å²) >= 11 is 0. The average Bonchev–Trinajstić information content (AvgIpc) is 2.49. The zero-order chi connectivity index (χ0) is 15.5. The molecule has 0 radical (unpaired) electrons. The summed E-state index contributed by atoms with van der Waals surface area (Å²) in [5, 5.41) is 3.45. The third-order valence-electron chi connectivity index (χ3n) is 3.44. The molecule has 3 N–H and O–H groups in total. The van der Waals surface area contributed by atoms with Crippen LogP contribution in [0.3, 0.4) is 0 Å². The van der Waals surface area contributed by atoms with Gasteiger partial charge in [-0.3, -0.25) is 4.79 Å². The van der Waals surface area contributed by atoms with Crippen molar-refractivity contribution < 1.29 is 9.53 Å². The van der Waals surface area contributed by atoms with Crippen LogP contribution >= 0.6 is 0 Å². The highest BCUT2D eigenvalue weighted by molar-refractivity contribution is 5.75. The normalized spacial score (nSPS) is 11.9. The molecule has 1 rings (SSSR count). The summed E-state index contributed by atoms with van der Waals surface area (Å²) in [6.07, 6.45) is 5.45. The molecule has 4 nitrogen and oxygen atoms in total. The van der Waals surface area contributed by atoms with Crippen LogP contribution in [0.5, 0.6) is 5.75 Å². The van der Waals surface area contributed by atoms with Crippen LogP contribution < -0.4 is 15.8 Å². The summed E-state index contributed by atoms with van der Waals surface area (Å²) in [4.78, 5) is 10.6. The fourth-order valence-electron chi connectivity index (χ4n) is 2.12. The number of rotatable bonds is 11. The van der Waals surface area contributed by atoms with E-state index in [0.717, 1.165) is 25.4 Å². The van der Waals surface area contributed by atoms with Crippen LogP contribution in [0.1, 0.15) is 31.7 Å². The van der Waals surface area contributed by atoms with Gasteiger partial charge < -0.3 is 15.8 Å². The lowest BCUT2D eigenvalue weighted by Gasteiger charge is -2.13. The quantitative estimate of drug-likeness (QED) is 0.486. The minimum absolute atomic E-state index is 0.0840. The lowest BCUT2D eigenvalue weighted by molar-refractivity contribution is -0.119. The second-order valence-corrected chi connectivity index (χ2v) is 5.16. The van der Waals surface area contributed by atoms with Crippen LogP contribution in [0.4, 0.5) is 0 Å². The van der Waals surface area contributed by atoms with Gasteiger partial charge in [0.2, 0.25) is 0 Å². The zero-order valence-corrected chi connectivity index (χ0v) is 12.8. The Labute approximate surface area is 127 Å². The van der Waals surface area contributed by atoms with Crippen molar-refractivity contribution in [2.75, 3.05) is 13.2 Å². The largest absolute Gasteiger partial charge is 0.484 e. The van der Waals surface area contributed by atoms with Crippen LogP contribution in [0.15, 0.2) is 36.9 Å². The molecular formula is C17H26N2O2. The number of allylic oxidation sites excluding steroid dienone is 1. The molecule has 1 atom stereocenters. The predicted octanol–water partition coefficient (Wildman–Crippen LogP) is 2.63. The van der Waals surface area contributed by atoms with Crippen LogP contribution in [0.25, 0.3) is 0 Å². The Balaban J connectivity index is 2.26. The van der Waals surface area contributed by atoms with Gasteiger partial charge in [0.1, 0.15) is 5.75 Å². The highest BCUT2D eigenvalue weighted by atomic mass is 16.5. The van der Waals surface area contributed by atoms with Gasteiger partial charge in [0.15, 0.2) is 6.61 Å². The Morgan fingerprint density at radius 3 is 2.71 bits per heavy atom. The summed E-state index contributed by atoms with van der Waals surface area (Å²) in [6, 6.07) is 7.69. The monoisotopic (exact) mass is 290 g/mol. The van der Waals surface area contributed by atoms with Gasteiger partial charge in [-0.1, -0.05) is 31.6 Å². The van der Waals surface area contributed by atoms with Gasteiger partial charge in [-0.2, -0.15) is 0 Å². The molecule has 0 aromatic heterocycles. The molecule has 0 aliphatic heterocycles. The Hall–Kier alpha value is -1.81. The van der Waals surface area contributed by atoms with E-state index < -0.39 is 5.91 Å². The number of ether oxygens (including phenoxy) is 1. The van der Waals surface area contributed by atoms with Gasteiger partial charge in [0.05, 0.1) is 0 Å². The summed E-state index contributed by atoms with van der Waals surface area (Å²) < 4.78 is 5.22. The summed E-state index contributed by atoms with van der Waals surface area (Å²) in [7, 11) is 0. The second kappa shape index (κ2) is 10.00. The van der Waals surface area contributed by atoms with Gasteiger partial charge >= 0.3 is 0 Å². The Morgan fingerprint density at radius 2 is 2.14 bits per heavy atom. The number of hydrogen-bond acceptors (Lipinski definition) is 3. The van der Waals surface area contributed by atoms with Gasteiger partial charge in [0, 0.05) is 6.54 Å². The molecule has 0 bridgehead atoms. The molecule has 0 heterocycles. The first kappa shape index (κ1) is 17.2. The van der Waals surface area contributed by atoms with E-state index in [1.54, 1.807) is 0 Å². The van der Waals surface area contributed by atoms with Crippen LogP contribution in [-0.4, -0.2) is 19.1 Å². The van der Waals surface area contributed by atoms with Gasteiger partial charge in [-0.05, 0) is 43.0 Å². The number of carbonyl (C=O) groups excluding carboxylic acids is 1. The number of carbonyl (C=O) groups is 1. The van der Waals surface area contributed by atoms with E-state index >= 15 is 0 Å². The van der Waals surface area contributed by atoms with Crippen molar-refractivity contribution in [1.29, 1.82) is 0 Å². The maximum Gasteiger partial charge on any atom is 0.255 e. The van der Waals surface area contributed by atoms with E-state index in [2.05, 4.69) is 18.8 Å². The molecule has 0 aliphatic carbocycles. The molecule has 116 valence electrons. The smallest absolute Gasteiger partial charge is 0.255 e. The van der Waals surface area contributed by atoms with E-state index in [1.165, 1.54) is 18.4 Å². The van der Waals surface area contributed by atoms with Crippen LogP contribution in [0, 0.1) is 5.92 Å². The first-order valence-corrected chi connectivity index (χ1v) is 7.47. The molecule has 1 amide bonds. The lowest BCUT2D eigenvalue weighted by Crippen LogP contribution is -2.20. The first-order valence-electron chi connectivity index (χ1n) is 7.47. The van der Waals surface area contributed by atoms with Crippen molar-refractivity contribution in [3.63, 3.8) is 0 Å². The van der Waals surface area contributed by atoms with E-state index in [9.17, 15) is 4.79 Å². The van der Waals surface area contributed by atoms with Crippen molar-refractivity contribution in [3.8, 4) is 5.75 Å². The van der Waals surface area contributed by atoms with Crippen molar-refractivity contribution >= 4 is 5.91 Å². The van der Waals surface area contributed by atoms with Gasteiger partial charge in [-0.15, -0.1) is 6.58 Å². The number of amides is 1. The van der Waals surface area contributed by atoms with Gasteiger partial charge in [-0.25, -0.2) is 0 Å². The van der Waals surface area contributed by atoms with Crippen LogP contribution in [-0.2, 0) is 11.3 Å². The number of nitrogens with two attached hydrogens (primary N) is 1. The summed E-state index contributed by atoms with van der Waals surface area (Å²) in [5.74, 6) is 0.917. The van der Waals surface area contributed by atoms with E-state index in [0.29, 0.717) is 5.75 Å². The van der Waals surface area contributed by atoms with Crippen molar-refractivity contribution in [1.82, 2.24) is 5.32 Å². The SMILES string of the molecule is C=CCC(CC)CCNCc1ccc(OCC(N)=O)cc1. The first-order chi connectivity index (χ1) is 10.2. The van der Waals surface area contributed by atoms with Crippen molar-refractivity contribution in [2.45, 2.75) is 32.7 Å². The van der Waals surface area contributed by atoms with Gasteiger partial charge in [0.25, 0.3) is 5.91 Å². The maximum atomic E-state index is 10.6.